The number of rotatable bonds is 2. The number of nitrogens with one attached hydrogen (secondary N) is 1. The Bertz CT molecular complexity index is 266. The van der Waals surface area contributed by atoms with Crippen molar-refractivity contribution in [1.82, 2.24) is 5.32 Å². The Hall–Kier alpha value is -1.54. The van der Waals surface area contributed by atoms with Gasteiger partial charge in [-0.2, -0.15) is 0 Å². The molecule has 4 heteroatoms. The van der Waals surface area contributed by atoms with Crippen LogP contribution in [0.3, 0.4) is 0 Å². The molecular formula is C8H10N2O2. The molecule has 0 aromatic heterocycles. The molecule has 2 unspecified atom stereocenters. The first-order chi connectivity index (χ1) is 5.69. The predicted molar refractivity (Wildman–Crippen MR) is 43.6 cm³/mol. The molecule has 0 aliphatic carbocycles. The molecule has 12 heavy (non-hydrogen) atoms. The Morgan fingerprint density at radius 1 is 1.83 bits per heavy atom. The third-order valence-corrected chi connectivity index (χ3v) is 1.92. The number of nitrogens with two attached hydrogens (primary N) is 1. The van der Waals surface area contributed by atoms with E-state index < -0.39 is 11.8 Å². The summed E-state index contributed by atoms with van der Waals surface area (Å²) < 4.78 is 0. The van der Waals surface area contributed by atoms with Crippen LogP contribution in [0, 0.1) is 5.92 Å². The first-order valence-electron chi connectivity index (χ1n) is 3.62. The molecule has 4 nitrogen and oxygen atoms in total. The minimum atomic E-state index is -0.523. The first kappa shape index (κ1) is 8.56. The van der Waals surface area contributed by atoms with Gasteiger partial charge in [0, 0.05) is 6.04 Å². The maximum Gasteiger partial charge on any atom is 0.227 e. The van der Waals surface area contributed by atoms with Crippen molar-refractivity contribution in [3.8, 4) is 0 Å². The molecule has 0 aromatic carbocycles. The van der Waals surface area contributed by atoms with Crippen LogP contribution in [0.15, 0.2) is 18.4 Å². The summed E-state index contributed by atoms with van der Waals surface area (Å²) in [5.41, 5.74) is 5.31. The normalized spacial score (nSPS) is 27.5. The van der Waals surface area contributed by atoms with Crippen LogP contribution in [0.25, 0.3) is 0 Å². The van der Waals surface area contributed by atoms with Crippen LogP contribution in [0.1, 0.15) is 6.42 Å². The van der Waals surface area contributed by atoms with E-state index in [0.29, 0.717) is 6.42 Å². The number of hydrogen-bond donors (Lipinski definition) is 2. The van der Waals surface area contributed by atoms with Crippen LogP contribution in [-0.4, -0.2) is 17.9 Å². The van der Waals surface area contributed by atoms with Gasteiger partial charge < -0.3 is 11.1 Å². The average molecular weight is 166 g/mol. The van der Waals surface area contributed by atoms with Crippen molar-refractivity contribution in [1.29, 1.82) is 0 Å². The van der Waals surface area contributed by atoms with Crippen LogP contribution in [0.2, 0.25) is 0 Å². The summed E-state index contributed by atoms with van der Waals surface area (Å²) in [6.07, 6.45) is 2.14. The summed E-state index contributed by atoms with van der Waals surface area (Å²) in [4.78, 5) is 21.1. The van der Waals surface area contributed by atoms with E-state index in [2.05, 4.69) is 11.9 Å². The highest BCUT2D eigenvalue weighted by molar-refractivity contribution is 5.83. The highest BCUT2D eigenvalue weighted by Crippen LogP contribution is 2.21. The SMILES string of the molecule is C=CC1CC(C(N)=O)C(=C=O)N1. The van der Waals surface area contributed by atoms with E-state index in [0.717, 1.165) is 0 Å². The summed E-state index contributed by atoms with van der Waals surface area (Å²) in [7, 11) is 0. The van der Waals surface area contributed by atoms with E-state index in [4.69, 9.17) is 5.73 Å². The summed E-state index contributed by atoms with van der Waals surface area (Å²) in [5.74, 6) is 0.649. The predicted octanol–water partition coefficient (Wildman–Crippen LogP) is -0.649. The van der Waals surface area contributed by atoms with Crippen molar-refractivity contribution in [2.24, 2.45) is 11.7 Å². The number of carbonyl (C=O) groups excluding carboxylic acids is 2. The molecule has 0 radical (unpaired) electrons. The van der Waals surface area contributed by atoms with Crippen LogP contribution in [-0.2, 0) is 9.59 Å². The lowest BCUT2D eigenvalue weighted by Gasteiger charge is -1.99. The average Bonchev–Trinajstić information content (AvgIpc) is 2.47. The number of hydrogen-bond acceptors (Lipinski definition) is 3. The molecule has 64 valence electrons. The summed E-state index contributed by atoms with van der Waals surface area (Å²) in [5, 5.41) is 2.80. The molecule has 3 N–H and O–H groups in total. The molecule has 0 bridgehead atoms. The van der Waals surface area contributed by atoms with Crippen molar-refractivity contribution in [3.63, 3.8) is 0 Å². The van der Waals surface area contributed by atoms with Crippen LogP contribution in [0.4, 0.5) is 0 Å². The van der Waals surface area contributed by atoms with Gasteiger partial charge in [-0.15, -0.1) is 6.58 Å². The van der Waals surface area contributed by atoms with Crippen LogP contribution in [0.5, 0.6) is 0 Å². The summed E-state index contributed by atoms with van der Waals surface area (Å²) in [6.45, 7) is 3.55. The minimum Gasteiger partial charge on any atom is -0.373 e. The standard InChI is InChI=1S/C8H10N2O2/c1-2-5-3-6(8(9)12)7(4-11)10-5/h2,5-6,10H,1,3H2,(H2,9,12). The molecule has 0 aromatic rings. The third-order valence-electron chi connectivity index (χ3n) is 1.92. The maximum atomic E-state index is 10.8. The number of amides is 1. The van der Waals surface area contributed by atoms with Crippen molar-refractivity contribution in [2.45, 2.75) is 12.5 Å². The van der Waals surface area contributed by atoms with Crippen molar-refractivity contribution >= 4 is 11.8 Å². The smallest absolute Gasteiger partial charge is 0.227 e. The molecule has 1 heterocycles. The maximum absolute atomic E-state index is 10.8. The van der Waals surface area contributed by atoms with E-state index in [9.17, 15) is 9.59 Å². The molecule has 2 atom stereocenters. The van der Waals surface area contributed by atoms with E-state index in [1.165, 1.54) is 0 Å². The fourth-order valence-electron chi connectivity index (χ4n) is 1.25. The Labute approximate surface area is 70.1 Å². The van der Waals surface area contributed by atoms with Gasteiger partial charge in [0.05, 0.1) is 5.92 Å². The fraction of sp³-hybridized carbons (Fsp3) is 0.375. The van der Waals surface area contributed by atoms with Gasteiger partial charge in [0.15, 0.2) is 0 Å². The zero-order valence-corrected chi connectivity index (χ0v) is 6.54. The lowest BCUT2D eigenvalue weighted by molar-refractivity contribution is -0.120. The number of carbonyl (C=O) groups is 1. The van der Waals surface area contributed by atoms with Gasteiger partial charge in [0.25, 0.3) is 0 Å². The molecule has 1 fully saturated rings. The van der Waals surface area contributed by atoms with Crippen molar-refractivity contribution in [2.75, 3.05) is 0 Å². The third kappa shape index (κ3) is 1.38. The van der Waals surface area contributed by atoms with Crippen LogP contribution < -0.4 is 11.1 Å². The second kappa shape index (κ2) is 3.24. The van der Waals surface area contributed by atoms with Gasteiger partial charge in [-0.25, -0.2) is 4.79 Å². The molecule has 0 saturated carbocycles. The fourth-order valence-corrected chi connectivity index (χ4v) is 1.25. The second-order valence-electron chi connectivity index (χ2n) is 2.69. The lowest BCUT2D eigenvalue weighted by Crippen LogP contribution is -2.23. The zero-order valence-electron chi connectivity index (χ0n) is 6.54. The Kier molecular flexibility index (Phi) is 2.31. The molecule has 1 aliphatic rings. The Morgan fingerprint density at radius 3 is 2.83 bits per heavy atom. The Balaban J connectivity index is 2.83. The topological polar surface area (TPSA) is 72.2 Å². The van der Waals surface area contributed by atoms with E-state index >= 15 is 0 Å². The van der Waals surface area contributed by atoms with E-state index in [-0.39, 0.29) is 11.7 Å². The van der Waals surface area contributed by atoms with Gasteiger partial charge in [-0.3, -0.25) is 4.79 Å². The highest BCUT2D eigenvalue weighted by atomic mass is 16.1. The van der Waals surface area contributed by atoms with Gasteiger partial charge in [0.1, 0.15) is 11.6 Å². The van der Waals surface area contributed by atoms with Gasteiger partial charge >= 0.3 is 0 Å². The number of primary amides is 1. The van der Waals surface area contributed by atoms with Gasteiger partial charge in [0.2, 0.25) is 5.91 Å². The Morgan fingerprint density at radius 2 is 2.50 bits per heavy atom. The largest absolute Gasteiger partial charge is 0.373 e. The van der Waals surface area contributed by atoms with E-state index in [1.807, 2.05) is 0 Å². The first-order valence-corrected chi connectivity index (χ1v) is 3.62. The zero-order chi connectivity index (χ0) is 9.14. The molecule has 1 amide bonds. The summed E-state index contributed by atoms with van der Waals surface area (Å²) in [6, 6.07) is -0.0426. The van der Waals surface area contributed by atoms with E-state index in [1.54, 1.807) is 12.0 Å². The monoisotopic (exact) mass is 166 g/mol. The van der Waals surface area contributed by atoms with Gasteiger partial charge in [-0.05, 0) is 6.42 Å². The minimum absolute atomic E-state index is 0.0426. The second-order valence-corrected chi connectivity index (χ2v) is 2.69. The van der Waals surface area contributed by atoms with Gasteiger partial charge in [-0.1, -0.05) is 6.08 Å². The molecule has 0 spiro atoms. The lowest BCUT2D eigenvalue weighted by atomic mass is 10.0. The molecular weight excluding hydrogens is 156 g/mol. The molecule has 1 rings (SSSR count). The van der Waals surface area contributed by atoms with Crippen LogP contribution >= 0.6 is 0 Å². The van der Waals surface area contributed by atoms with Crippen molar-refractivity contribution < 1.29 is 9.59 Å². The quantitative estimate of drug-likeness (QED) is 0.423. The van der Waals surface area contributed by atoms with Crippen molar-refractivity contribution in [3.05, 3.63) is 18.4 Å². The highest BCUT2D eigenvalue weighted by Gasteiger charge is 2.31. The summed E-state index contributed by atoms with van der Waals surface area (Å²) >= 11 is 0. The molecule has 1 aliphatic heterocycles. The molecule has 1 saturated heterocycles.